The predicted molar refractivity (Wildman–Crippen MR) is 113 cm³/mol. The SMILES string of the molecule is CC(=O)NC1N=C2CCN(Cc3ccccc3)CC2=C(c2ccccc2Cl)N1. The van der Waals surface area contributed by atoms with Crippen LogP contribution in [-0.2, 0) is 11.3 Å². The summed E-state index contributed by atoms with van der Waals surface area (Å²) in [6.45, 7) is 4.11. The smallest absolute Gasteiger partial charge is 0.219 e. The Bertz CT molecular complexity index is 939. The van der Waals surface area contributed by atoms with Crippen LogP contribution in [0, 0.1) is 0 Å². The van der Waals surface area contributed by atoms with Gasteiger partial charge in [0.15, 0.2) is 6.29 Å². The highest BCUT2D eigenvalue weighted by atomic mass is 35.5. The zero-order chi connectivity index (χ0) is 19.5. The second-order valence-electron chi connectivity index (χ2n) is 7.10. The number of hydrogen-bond acceptors (Lipinski definition) is 4. The van der Waals surface area contributed by atoms with Gasteiger partial charge in [0.05, 0.1) is 5.70 Å². The van der Waals surface area contributed by atoms with Crippen LogP contribution in [0.3, 0.4) is 0 Å². The summed E-state index contributed by atoms with van der Waals surface area (Å²) >= 11 is 6.49. The van der Waals surface area contributed by atoms with Crippen LogP contribution >= 0.6 is 11.6 Å². The normalized spacial score (nSPS) is 19.5. The maximum absolute atomic E-state index is 11.6. The van der Waals surface area contributed by atoms with E-state index in [1.54, 1.807) is 0 Å². The first-order chi connectivity index (χ1) is 13.6. The van der Waals surface area contributed by atoms with Crippen LogP contribution in [0.1, 0.15) is 24.5 Å². The molecule has 1 amide bonds. The maximum atomic E-state index is 11.6. The van der Waals surface area contributed by atoms with Gasteiger partial charge in [-0.2, -0.15) is 0 Å². The molecule has 2 aliphatic heterocycles. The number of aliphatic imine (C=N–C) groups is 1. The van der Waals surface area contributed by atoms with Crippen LogP contribution in [0.25, 0.3) is 5.70 Å². The van der Waals surface area contributed by atoms with Crippen LogP contribution in [0.15, 0.2) is 65.2 Å². The lowest BCUT2D eigenvalue weighted by Gasteiger charge is -2.36. The lowest BCUT2D eigenvalue weighted by molar-refractivity contribution is -0.119. The third-order valence-electron chi connectivity index (χ3n) is 4.99. The average molecular weight is 395 g/mol. The molecule has 4 rings (SSSR count). The topological polar surface area (TPSA) is 56.7 Å². The van der Waals surface area contributed by atoms with Gasteiger partial charge in [-0.05, 0) is 11.6 Å². The van der Waals surface area contributed by atoms with E-state index >= 15 is 0 Å². The summed E-state index contributed by atoms with van der Waals surface area (Å²) in [5.74, 6) is -0.120. The molecule has 0 aromatic heterocycles. The summed E-state index contributed by atoms with van der Waals surface area (Å²) < 4.78 is 0. The van der Waals surface area contributed by atoms with Crippen LogP contribution < -0.4 is 10.6 Å². The Hall–Kier alpha value is -2.63. The minimum atomic E-state index is -0.469. The number of nitrogens with one attached hydrogen (secondary N) is 2. The Morgan fingerprint density at radius 2 is 1.96 bits per heavy atom. The Kier molecular flexibility index (Phi) is 5.46. The number of carbonyl (C=O) groups excluding carboxylic acids is 1. The molecule has 2 N–H and O–H groups in total. The molecule has 2 heterocycles. The molecule has 0 radical (unpaired) electrons. The summed E-state index contributed by atoms with van der Waals surface area (Å²) in [6.07, 6.45) is 0.372. The van der Waals surface area contributed by atoms with E-state index in [1.165, 1.54) is 12.5 Å². The Morgan fingerprint density at radius 1 is 1.21 bits per heavy atom. The number of likely N-dealkylation sites (tertiary alicyclic amines) is 1. The molecule has 5 nitrogen and oxygen atoms in total. The van der Waals surface area contributed by atoms with Crippen molar-refractivity contribution in [2.75, 3.05) is 13.1 Å². The van der Waals surface area contributed by atoms with Gasteiger partial charge in [0.1, 0.15) is 0 Å². The number of carbonyl (C=O) groups is 1. The summed E-state index contributed by atoms with van der Waals surface area (Å²) in [5, 5.41) is 6.91. The van der Waals surface area contributed by atoms with Crippen LogP contribution in [0.5, 0.6) is 0 Å². The number of fused-ring (bicyclic) bond motifs is 1. The highest BCUT2D eigenvalue weighted by molar-refractivity contribution is 6.32. The van der Waals surface area contributed by atoms with E-state index in [2.05, 4.69) is 39.8 Å². The fourth-order valence-corrected chi connectivity index (χ4v) is 3.96. The molecule has 28 heavy (non-hydrogen) atoms. The summed E-state index contributed by atoms with van der Waals surface area (Å²) in [6, 6.07) is 18.3. The molecule has 6 heteroatoms. The van der Waals surface area contributed by atoms with Crippen molar-refractivity contribution in [1.29, 1.82) is 0 Å². The Balaban J connectivity index is 1.66. The minimum absolute atomic E-state index is 0.120. The van der Waals surface area contributed by atoms with Crippen molar-refractivity contribution in [3.8, 4) is 0 Å². The van der Waals surface area contributed by atoms with E-state index in [4.69, 9.17) is 16.6 Å². The van der Waals surface area contributed by atoms with Crippen molar-refractivity contribution in [1.82, 2.24) is 15.5 Å². The van der Waals surface area contributed by atoms with E-state index < -0.39 is 6.29 Å². The standard InChI is InChI=1S/C22H23ClN4O/c1-15(28)24-22-25-20-11-12-27(13-16-7-3-2-4-8-16)14-18(20)21(26-22)17-9-5-6-10-19(17)23/h2-10,22,26H,11-14H2,1H3,(H,24,28). The number of rotatable bonds is 4. The van der Waals surface area contributed by atoms with E-state index in [9.17, 15) is 4.79 Å². The number of amides is 1. The third kappa shape index (κ3) is 4.11. The average Bonchev–Trinajstić information content (AvgIpc) is 2.68. The van der Waals surface area contributed by atoms with Crippen LogP contribution in [0.2, 0.25) is 5.02 Å². The molecule has 0 bridgehead atoms. The van der Waals surface area contributed by atoms with Crippen molar-refractivity contribution in [3.05, 3.63) is 76.3 Å². The molecule has 0 saturated carbocycles. The summed E-state index contributed by atoms with van der Waals surface area (Å²) in [7, 11) is 0. The van der Waals surface area contributed by atoms with Gasteiger partial charge in [-0.25, -0.2) is 4.99 Å². The van der Waals surface area contributed by atoms with E-state index in [0.29, 0.717) is 5.02 Å². The first kappa shape index (κ1) is 18.7. The minimum Gasteiger partial charge on any atom is -0.346 e. The largest absolute Gasteiger partial charge is 0.346 e. The van der Waals surface area contributed by atoms with Gasteiger partial charge in [-0.15, -0.1) is 0 Å². The first-order valence-electron chi connectivity index (χ1n) is 9.45. The lowest BCUT2D eigenvalue weighted by Crippen LogP contribution is -2.48. The summed E-state index contributed by atoms with van der Waals surface area (Å²) in [4.78, 5) is 18.7. The predicted octanol–water partition coefficient (Wildman–Crippen LogP) is 3.42. The summed E-state index contributed by atoms with van der Waals surface area (Å²) in [5.41, 5.74) is 5.37. The highest BCUT2D eigenvalue weighted by Gasteiger charge is 2.29. The van der Waals surface area contributed by atoms with E-state index in [-0.39, 0.29) is 5.91 Å². The van der Waals surface area contributed by atoms with Gasteiger partial charge in [-0.3, -0.25) is 9.69 Å². The highest BCUT2D eigenvalue weighted by Crippen LogP contribution is 2.31. The first-order valence-corrected chi connectivity index (χ1v) is 9.83. The zero-order valence-corrected chi connectivity index (χ0v) is 16.5. The molecule has 0 spiro atoms. The molecule has 2 aliphatic rings. The van der Waals surface area contributed by atoms with Gasteiger partial charge in [-0.1, -0.05) is 60.1 Å². The van der Waals surface area contributed by atoms with Crippen molar-refractivity contribution >= 4 is 28.9 Å². The lowest BCUT2D eigenvalue weighted by atomic mass is 9.94. The van der Waals surface area contributed by atoms with Crippen molar-refractivity contribution in [2.24, 2.45) is 4.99 Å². The molecule has 144 valence electrons. The van der Waals surface area contributed by atoms with Gasteiger partial charge >= 0.3 is 0 Å². The zero-order valence-electron chi connectivity index (χ0n) is 15.8. The molecular formula is C22H23ClN4O. The molecule has 2 aromatic carbocycles. The van der Waals surface area contributed by atoms with Crippen molar-refractivity contribution < 1.29 is 4.79 Å². The molecule has 1 atom stereocenters. The fraction of sp³-hybridized carbons (Fsp3) is 0.273. The monoisotopic (exact) mass is 394 g/mol. The van der Waals surface area contributed by atoms with Crippen LogP contribution in [0.4, 0.5) is 0 Å². The van der Waals surface area contributed by atoms with E-state index in [0.717, 1.165) is 48.6 Å². The molecular weight excluding hydrogens is 372 g/mol. The number of hydrogen-bond donors (Lipinski definition) is 2. The van der Waals surface area contributed by atoms with Gasteiger partial charge < -0.3 is 10.6 Å². The molecule has 1 fully saturated rings. The molecule has 0 aliphatic carbocycles. The second kappa shape index (κ2) is 8.17. The Labute approximate surface area is 170 Å². The molecule has 1 saturated heterocycles. The second-order valence-corrected chi connectivity index (χ2v) is 7.51. The Morgan fingerprint density at radius 3 is 2.71 bits per heavy atom. The molecule has 1 unspecified atom stereocenters. The number of benzene rings is 2. The molecule has 2 aromatic rings. The van der Waals surface area contributed by atoms with Gasteiger partial charge in [0.2, 0.25) is 5.91 Å². The van der Waals surface area contributed by atoms with E-state index in [1.807, 2.05) is 30.3 Å². The number of nitrogens with zero attached hydrogens (tertiary/aromatic N) is 2. The quantitative estimate of drug-likeness (QED) is 0.835. The van der Waals surface area contributed by atoms with Crippen molar-refractivity contribution in [2.45, 2.75) is 26.2 Å². The number of halogens is 1. The fourth-order valence-electron chi connectivity index (χ4n) is 3.73. The van der Waals surface area contributed by atoms with Crippen LogP contribution in [-0.4, -0.2) is 35.9 Å². The number of piperidine rings is 1. The van der Waals surface area contributed by atoms with Gasteiger partial charge in [0, 0.05) is 54.8 Å². The maximum Gasteiger partial charge on any atom is 0.219 e. The van der Waals surface area contributed by atoms with Gasteiger partial charge in [0.25, 0.3) is 0 Å². The third-order valence-corrected chi connectivity index (χ3v) is 5.32. The van der Waals surface area contributed by atoms with Crippen molar-refractivity contribution in [3.63, 3.8) is 0 Å².